The quantitative estimate of drug-likeness (QED) is 0.334. The molecule has 0 aliphatic carbocycles. The summed E-state index contributed by atoms with van der Waals surface area (Å²) in [6.07, 6.45) is 0. The molecule has 7 heteroatoms. The van der Waals surface area contributed by atoms with Gasteiger partial charge in [-0.3, -0.25) is 9.59 Å². The average Bonchev–Trinajstić information content (AvgIpc) is 1.84. The van der Waals surface area contributed by atoms with Crippen LogP contribution < -0.4 is 0 Å². The van der Waals surface area contributed by atoms with E-state index in [1.54, 1.807) is 0 Å². The van der Waals surface area contributed by atoms with Crippen molar-refractivity contribution in [3.63, 3.8) is 0 Å². The summed E-state index contributed by atoms with van der Waals surface area (Å²) in [6, 6.07) is 0. The maximum absolute atomic E-state index is 10.5. The van der Waals surface area contributed by atoms with Crippen LogP contribution in [0.5, 0.6) is 0 Å². The summed E-state index contributed by atoms with van der Waals surface area (Å²) in [4.78, 5) is 20.5. The first-order valence-electron chi connectivity index (χ1n) is 2.74. The summed E-state index contributed by atoms with van der Waals surface area (Å²) >= 11 is 0. The van der Waals surface area contributed by atoms with Crippen LogP contribution in [0.15, 0.2) is 0 Å². The van der Waals surface area contributed by atoms with Crippen LogP contribution in [0.3, 0.4) is 0 Å². The fourth-order valence-electron chi connectivity index (χ4n) is 0.307. The first-order valence-corrected chi connectivity index (χ1v) is 2.74. The van der Waals surface area contributed by atoms with Gasteiger partial charge in [0.05, 0.1) is 0 Å². The predicted octanol–water partition coefficient (Wildman–Crippen LogP) is -1.78. The lowest BCUT2D eigenvalue weighted by Crippen LogP contribution is -2.29. The van der Waals surface area contributed by atoms with Gasteiger partial charge in [0, 0.05) is 0 Å². The molecule has 0 bridgehead atoms. The van der Waals surface area contributed by atoms with Crippen molar-refractivity contribution in [2.24, 2.45) is 5.92 Å². The highest BCUT2D eigenvalue weighted by Gasteiger charge is 2.26. The Hall–Kier alpha value is -1.08. The van der Waals surface area contributed by atoms with E-state index in [-0.39, 0.29) is 0 Å². The van der Waals surface area contributed by atoms with E-state index in [1.807, 2.05) is 0 Å². The number of carboxylic acid groups (broad SMARTS) is 1. The average molecular weight is 162 g/mol. The minimum absolute atomic E-state index is 1.08. The van der Waals surface area contributed by atoms with Crippen molar-refractivity contribution in [1.29, 1.82) is 0 Å². The Kier molecular flexibility index (Phi) is 3.56. The molecule has 0 aromatic heterocycles. The van der Waals surface area contributed by atoms with Crippen LogP contribution >= 0.6 is 0 Å². The Morgan fingerprint density at radius 1 is 1.45 bits per heavy atom. The van der Waals surface area contributed by atoms with Gasteiger partial charge in [-0.25, -0.2) is 0 Å². The predicted molar refractivity (Wildman–Crippen MR) is 33.1 cm³/mol. The van der Waals surface area contributed by atoms with E-state index in [0.717, 1.165) is 6.92 Å². The van der Waals surface area contributed by atoms with Crippen LogP contribution in [-0.4, -0.2) is 34.4 Å². The summed E-state index contributed by atoms with van der Waals surface area (Å²) in [5.74, 6) is -3.96. The Labute approximate surface area is 62.6 Å². The minimum atomic E-state index is -2.26. The Morgan fingerprint density at radius 3 is 2.18 bits per heavy atom. The van der Waals surface area contributed by atoms with Crippen molar-refractivity contribution in [3.05, 3.63) is 0 Å². The van der Waals surface area contributed by atoms with Gasteiger partial charge in [0.25, 0.3) is 0 Å². The highest BCUT2D eigenvalue weighted by Crippen LogP contribution is 1.97. The SMILES string of the molecule is CC(C(=O)O)C(=O)OB(O)O. The zero-order valence-electron chi connectivity index (χ0n) is 5.72. The number of carbonyl (C=O) groups is 2. The summed E-state index contributed by atoms with van der Waals surface area (Å²) in [6.45, 7) is 1.08. The normalized spacial score (nSPS) is 11.9. The largest absolute Gasteiger partial charge is 0.709 e. The highest BCUT2D eigenvalue weighted by atomic mass is 16.6. The number of hydrogen-bond donors (Lipinski definition) is 3. The van der Waals surface area contributed by atoms with E-state index in [9.17, 15) is 9.59 Å². The second-order valence-electron chi connectivity index (χ2n) is 1.82. The van der Waals surface area contributed by atoms with Crippen LogP contribution in [0.4, 0.5) is 0 Å². The summed E-state index contributed by atoms with van der Waals surface area (Å²) < 4.78 is 3.76. The molecule has 0 rings (SSSR count). The standard InChI is InChI=1S/C4H7BO6/c1-2(3(6)7)4(8)11-5(9)10/h2,9-10H,1H3,(H,6,7). The topological polar surface area (TPSA) is 104 Å². The zero-order valence-corrected chi connectivity index (χ0v) is 5.72. The second kappa shape index (κ2) is 3.94. The van der Waals surface area contributed by atoms with Crippen LogP contribution in [0.1, 0.15) is 6.92 Å². The molecule has 62 valence electrons. The smallest absolute Gasteiger partial charge is 0.484 e. The zero-order chi connectivity index (χ0) is 9.02. The van der Waals surface area contributed by atoms with Crippen LogP contribution in [0.2, 0.25) is 0 Å². The molecule has 0 heterocycles. The van der Waals surface area contributed by atoms with E-state index in [2.05, 4.69) is 4.65 Å². The molecule has 11 heavy (non-hydrogen) atoms. The lowest BCUT2D eigenvalue weighted by Gasteiger charge is -2.05. The Morgan fingerprint density at radius 2 is 1.91 bits per heavy atom. The van der Waals surface area contributed by atoms with Gasteiger partial charge < -0.3 is 19.8 Å². The van der Waals surface area contributed by atoms with Crippen LogP contribution in [-0.2, 0) is 14.2 Å². The molecule has 0 saturated carbocycles. The second-order valence-corrected chi connectivity index (χ2v) is 1.82. The van der Waals surface area contributed by atoms with Gasteiger partial charge in [0.1, 0.15) is 5.92 Å². The molecular weight excluding hydrogens is 155 g/mol. The molecule has 0 fully saturated rings. The lowest BCUT2D eigenvalue weighted by atomic mass is 10.1. The number of carbonyl (C=O) groups excluding carboxylic acids is 1. The van der Waals surface area contributed by atoms with Crippen molar-refractivity contribution in [1.82, 2.24) is 0 Å². The maximum Gasteiger partial charge on any atom is 0.709 e. The van der Waals surface area contributed by atoms with E-state index >= 15 is 0 Å². The fourth-order valence-corrected chi connectivity index (χ4v) is 0.307. The number of rotatable bonds is 3. The van der Waals surface area contributed by atoms with Gasteiger partial charge in [0.2, 0.25) is 0 Å². The molecular formula is C4H7BO6. The third kappa shape index (κ3) is 3.59. The van der Waals surface area contributed by atoms with Gasteiger partial charge >= 0.3 is 19.3 Å². The van der Waals surface area contributed by atoms with Gasteiger partial charge in [-0.05, 0) is 6.92 Å². The summed E-state index contributed by atoms with van der Waals surface area (Å²) in [5.41, 5.74) is 0. The van der Waals surface area contributed by atoms with Gasteiger partial charge in [-0.15, -0.1) is 0 Å². The van der Waals surface area contributed by atoms with Gasteiger partial charge in [-0.2, -0.15) is 0 Å². The molecule has 1 atom stereocenters. The van der Waals surface area contributed by atoms with Crippen molar-refractivity contribution in [2.45, 2.75) is 6.92 Å². The third-order valence-corrected chi connectivity index (χ3v) is 0.946. The van der Waals surface area contributed by atoms with Crippen LogP contribution in [0.25, 0.3) is 0 Å². The molecule has 1 unspecified atom stereocenters. The Bertz CT molecular complexity index is 166. The van der Waals surface area contributed by atoms with Gasteiger partial charge in [0.15, 0.2) is 0 Å². The lowest BCUT2D eigenvalue weighted by molar-refractivity contribution is -0.153. The highest BCUT2D eigenvalue weighted by molar-refractivity contribution is 6.36. The first-order chi connectivity index (χ1) is 4.95. The molecule has 0 saturated heterocycles. The van der Waals surface area contributed by atoms with E-state index < -0.39 is 25.2 Å². The van der Waals surface area contributed by atoms with Gasteiger partial charge in [-0.1, -0.05) is 0 Å². The summed E-state index contributed by atoms with van der Waals surface area (Å²) in [7, 11) is -2.26. The first kappa shape index (κ1) is 9.92. The third-order valence-electron chi connectivity index (χ3n) is 0.946. The molecule has 0 radical (unpaired) electrons. The fraction of sp³-hybridized carbons (Fsp3) is 0.500. The molecule has 0 aliphatic heterocycles. The Balaban J connectivity index is 3.93. The van der Waals surface area contributed by atoms with Crippen LogP contribution in [0, 0.1) is 5.92 Å². The van der Waals surface area contributed by atoms with Crippen molar-refractivity contribution in [3.8, 4) is 0 Å². The van der Waals surface area contributed by atoms with Crippen molar-refractivity contribution >= 4 is 19.3 Å². The molecule has 0 aromatic rings. The van der Waals surface area contributed by atoms with Crippen molar-refractivity contribution < 1.29 is 29.4 Å². The maximum atomic E-state index is 10.5. The molecule has 0 amide bonds. The van der Waals surface area contributed by atoms with E-state index in [0.29, 0.717) is 0 Å². The molecule has 0 aliphatic rings. The number of carboxylic acids is 1. The van der Waals surface area contributed by atoms with E-state index in [1.165, 1.54) is 0 Å². The van der Waals surface area contributed by atoms with Crippen molar-refractivity contribution in [2.75, 3.05) is 0 Å². The summed E-state index contributed by atoms with van der Waals surface area (Å²) in [5, 5.41) is 24.3. The molecule has 0 aromatic carbocycles. The number of hydrogen-bond acceptors (Lipinski definition) is 5. The number of aliphatic carboxylic acids is 1. The molecule has 3 N–H and O–H groups in total. The minimum Gasteiger partial charge on any atom is -0.484 e. The molecule has 0 spiro atoms. The van der Waals surface area contributed by atoms with E-state index in [4.69, 9.17) is 15.2 Å². The monoisotopic (exact) mass is 162 g/mol. The molecule has 6 nitrogen and oxygen atoms in total.